The van der Waals surface area contributed by atoms with Crippen molar-refractivity contribution >= 4 is 6.03 Å². The molecule has 0 aliphatic carbocycles. The zero-order valence-electron chi connectivity index (χ0n) is 7.76. The van der Waals surface area contributed by atoms with Crippen LogP contribution in [0.4, 0.5) is 4.79 Å². The van der Waals surface area contributed by atoms with Crippen LogP contribution in [0.25, 0.3) is 0 Å². The first-order valence-electron chi connectivity index (χ1n) is 4.06. The van der Waals surface area contributed by atoms with E-state index in [9.17, 15) is 4.79 Å². The summed E-state index contributed by atoms with van der Waals surface area (Å²) in [4.78, 5) is 10.4. The second-order valence-corrected chi connectivity index (χ2v) is 2.84. The van der Waals surface area contributed by atoms with Crippen molar-refractivity contribution in [1.82, 2.24) is 10.5 Å². The average Bonchev–Trinajstić information content (AvgIpc) is 2.34. The summed E-state index contributed by atoms with van der Waals surface area (Å²) in [7, 11) is 0. The summed E-state index contributed by atoms with van der Waals surface area (Å²) in [6.07, 6.45) is 0.699. The molecule has 72 valence electrons. The van der Waals surface area contributed by atoms with E-state index in [1.54, 1.807) is 0 Å². The Hall–Kier alpha value is -1.52. The molecule has 1 aromatic rings. The summed E-state index contributed by atoms with van der Waals surface area (Å²) >= 11 is 0. The van der Waals surface area contributed by atoms with Crippen molar-refractivity contribution in [1.29, 1.82) is 0 Å². The number of primary amides is 1. The number of urea groups is 1. The zero-order chi connectivity index (χ0) is 9.84. The first-order chi connectivity index (χ1) is 6.11. The predicted molar refractivity (Wildman–Crippen MR) is 47.3 cm³/mol. The highest BCUT2D eigenvalue weighted by Gasteiger charge is 2.07. The normalized spacial score (nSPS) is 10.0. The molecule has 3 N–H and O–H groups in total. The Labute approximate surface area is 76.3 Å². The fourth-order valence-electron chi connectivity index (χ4n) is 1.17. The van der Waals surface area contributed by atoms with Crippen molar-refractivity contribution in [2.45, 2.75) is 20.3 Å². The molecule has 0 unspecified atom stereocenters. The molecule has 0 aliphatic heterocycles. The lowest BCUT2D eigenvalue weighted by Gasteiger charge is -2.00. The van der Waals surface area contributed by atoms with Crippen LogP contribution >= 0.6 is 0 Å². The molecule has 1 rings (SSSR count). The van der Waals surface area contributed by atoms with Gasteiger partial charge >= 0.3 is 6.03 Å². The van der Waals surface area contributed by atoms with Crippen LogP contribution in [-0.2, 0) is 6.42 Å². The Balaban J connectivity index is 2.49. The summed E-state index contributed by atoms with van der Waals surface area (Å²) in [6.45, 7) is 4.23. The number of nitrogens with two attached hydrogens (primary N) is 1. The maximum atomic E-state index is 10.4. The monoisotopic (exact) mass is 183 g/mol. The lowest BCUT2D eigenvalue weighted by molar-refractivity contribution is 0.249. The smallest absolute Gasteiger partial charge is 0.312 e. The van der Waals surface area contributed by atoms with Gasteiger partial charge in [0.25, 0.3) is 0 Å². The van der Waals surface area contributed by atoms with Crippen LogP contribution in [-0.4, -0.2) is 17.7 Å². The maximum Gasteiger partial charge on any atom is 0.312 e. The molecule has 0 aliphatic rings. The molecule has 0 saturated carbocycles. The molecule has 0 aromatic carbocycles. The Morgan fingerprint density at radius 2 is 2.31 bits per heavy atom. The Morgan fingerprint density at radius 1 is 1.62 bits per heavy atom. The van der Waals surface area contributed by atoms with Gasteiger partial charge in [0.1, 0.15) is 5.76 Å². The van der Waals surface area contributed by atoms with E-state index in [2.05, 4.69) is 10.5 Å². The van der Waals surface area contributed by atoms with Crippen molar-refractivity contribution in [3.05, 3.63) is 17.0 Å². The maximum absolute atomic E-state index is 10.4. The molecule has 0 spiro atoms. The van der Waals surface area contributed by atoms with Crippen molar-refractivity contribution < 1.29 is 9.32 Å². The molecule has 0 fully saturated rings. The summed E-state index contributed by atoms with van der Waals surface area (Å²) in [5.41, 5.74) is 6.82. The molecule has 0 radical (unpaired) electrons. The molecular formula is C8H13N3O2. The topological polar surface area (TPSA) is 81.2 Å². The third-order valence-corrected chi connectivity index (χ3v) is 1.86. The quantitative estimate of drug-likeness (QED) is 0.716. The van der Waals surface area contributed by atoms with Crippen molar-refractivity contribution in [2.24, 2.45) is 5.73 Å². The third kappa shape index (κ3) is 2.47. The van der Waals surface area contributed by atoms with Gasteiger partial charge < -0.3 is 15.6 Å². The largest absolute Gasteiger partial charge is 0.361 e. The highest BCUT2D eigenvalue weighted by molar-refractivity contribution is 5.71. The Kier molecular flexibility index (Phi) is 2.89. The van der Waals surface area contributed by atoms with Gasteiger partial charge in [0.2, 0.25) is 0 Å². The predicted octanol–water partition coefficient (Wildman–Crippen LogP) is 0.502. The van der Waals surface area contributed by atoms with Gasteiger partial charge in [-0.1, -0.05) is 5.16 Å². The fourth-order valence-corrected chi connectivity index (χ4v) is 1.17. The van der Waals surface area contributed by atoms with Crippen LogP contribution in [0.1, 0.15) is 17.0 Å². The molecule has 0 saturated heterocycles. The Bertz CT molecular complexity index is 287. The van der Waals surface area contributed by atoms with E-state index in [1.165, 1.54) is 0 Å². The summed E-state index contributed by atoms with van der Waals surface area (Å²) in [6, 6.07) is -0.508. The number of amides is 2. The van der Waals surface area contributed by atoms with Crippen LogP contribution in [0.5, 0.6) is 0 Å². The lowest BCUT2D eigenvalue weighted by Crippen LogP contribution is -2.31. The standard InChI is InChI=1S/C8H13N3O2/c1-5-7(6(2)13-11-5)3-4-10-8(9)12/h3-4H2,1-2H3,(H3,9,10,12). The van der Waals surface area contributed by atoms with E-state index in [-0.39, 0.29) is 0 Å². The van der Waals surface area contributed by atoms with Gasteiger partial charge in [-0.3, -0.25) is 0 Å². The molecule has 13 heavy (non-hydrogen) atoms. The molecule has 1 heterocycles. The van der Waals surface area contributed by atoms with E-state index in [0.29, 0.717) is 13.0 Å². The number of carbonyl (C=O) groups is 1. The van der Waals surface area contributed by atoms with E-state index in [0.717, 1.165) is 17.0 Å². The molecule has 2 amide bonds. The van der Waals surface area contributed by atoms with Crippen molar-refractivity contribution in [3.8, 4) is 0 Å². The highest BCUT2D eigenvalue weighted by atomic mass is 16.5. The van der Waals surface area contributed by atoms with Crippen molar-refractivity contribution in [2.75, 3.05) is 6.54 Å². The minimum Gasteiger partial charge on any atom is -0.361 e. The van der Waals surface area contributed by atoms with Gasteiger partial charge in [0, 0.05) is 12.1 Å². The minimum absolute atomic E-state index is 0.508. The molecule has 5 heteroatoms. The molecular weight excluding hydrogens is 170 g/mol. The number of aryl methyl sites for hydroxylation is 2. The lowest BCUT2D eigenvalue weighted by atomic mass is 10.1. The van der Waals surface area contributed by atoms with Gasteiger partial charge in [-0.25, -0.2) is 4.79 Å². The van der Waals surface area contributed by atoms with Crippen LogP contribution in [0.2, 0.25) is 0 Å². The van der Waals surface area contributed by atoms with Gasteiger partial charge in [-0.15, -0.1) is 0 Å². The van der Waals surface area contributed by atoms with Crippen LogP contribution in [0, 0.1) is 13.8 Å². The Morgan fingerprint density at radius 3 is 2.77 bits per heavy atom. The molecule has 0 bridgehead atoms. The highest BCUT2D eigenvalue weighted by Crippen LogP contribution is 2.11. The number of nitrogens with one attached hydrogen (secondary N) is 1. The van der Waals surface area contributed by atoms with E-state index < -0.39 is 6.03 Å². The number of hydrogen-bond acceptors (Lipinski definition) is 3. The number of hydrogen-bond donors (Lipinski definition) is 2. The van der Waals surface area contributed by atoms with E-state index >= 15 is 0 Å². The van der Waals surface area contributed by atoms with Gasteiger partial charge in [0.05, 0.1) is 5.69 Å². The molecule has 0 atom stereocenters. The third-order valence-electron chi connectivity index (χ3n) is 1.86. The van der Waals surface area contributed by atoms with Gasteiger partial charge in [-0.2, -0.15) is 0 Å². The van der Waals surface area contributed by atoms with Gasteiger partial charge in [-0.05, 0) is 20.3 Å². The van der Waals surface area contributed by atoms with E-state index in [4.69, 9.17) is 10.3 Å². The molecule has 5 nitrogen and oxygen atoms in total. The fraction of sp³-hybridized carbons (Fsp3) is 0.500. The van der Waals surface area contributed by atoms with Crippen LogP contribution in [0.15, 0.2) is 4.52 Å². The number of aromatic nitrogens is 1. The summed E-state index contributed by atoms with van der Waals surface area (Å²) < 4.78 is 4.96. The van der Waals surface area contributed by atoms with Crippen LogP contribution < -0.4 is 11.1 Å². The van der Waals surface area contributed by atoms with E-state index in [1.807, 2.05) is 13.8 Å². The zero-order valence-corrected chi connectivity index (χ0v) is 7.76. The minimum atomic E-state index is -0.508. The number of nitrogens with zero attached hydrogens (tertiary/aromatic N) is 1. The number of carbonyl (C=O) groups excluding carboxylic acids is 1. The second kappa shape index (κ2) is 3.93. The number of rotatable bonds is 3. The first-order valence-corrected chi connectivity index (χ1v) is 4.06. The summed E-state index contributed by atoms with van der Waals surface area (Å²) in [5, 5.41) is 6.30. The van der Waals surface area contributed by atoms with Crippen molar-refractivity contribution in [3.63, 3.8) is 0 Å². The molecule has 1 aromatic heterocycles. The SMILES string of the molecule is Cc1noc(C)c1CCNC(N)=O. The van der Waals surface area contributed by atoms with Gasteiger partial charge in [0.15, 0.2) is 0 Å². The first kappa shape index (κ1) is 9.57. The summed E-state index contributed by atoms with van der Waals surface area (Å²) in [5.74, 6) is 0.795. The van der Waals surface area contributed by atoms with Crippen LogP contribution in [0.3, 0.4) is 0 Å². The average molecular weight is 183 g/mol. The second-order valence-electron chi connectivity index (χ2n) is 2.84.